The highest BCUT2D eigenvalue weighted by atomic mass is 35.5. The second-order valence-corrected chi connectivity index (χ2v) is 5.90. The number of benzene rings is 2. The Hall–Kier alpha value is -1.51. The van der Waals surface area contributed by atoms with Gasteiger partial charge in [-0.05, 0) is 55.1 Å². The number of rotatable bonds is 5. The van der Waals surface area contributed by atoms with Crippen LogP contribution in [0.2, 0.25) is 5.02 Å². The minimum atomic E-state index is 0.588. The molecular formula is C18H20ClNO. The van der Waals surface area contributed by atoms with Gasteiger partial charge < -0.3 is 10.1 Å². The van der Waals surface area contributed by atoms with Crippen molar-refractivity contribution in [2.75, 3.05) is 7.05 Å². The lowest BCUT2D eigenvalue weighted by atomic mass is 10.1. The Bertz CT molecular complexity index is 639. The molecule has 0 amide bonds. The summed E-state index contributed by atoms with van der Waals surface area (Å²) in [5, 5.41) is 3.88. The number of hydrogen-bond acceptors (Lipinski definition) is 2. The van der Waals surface area contributed by atoms with Gasteiger partial charge in [0, 0.05) is 17.1 Å². The Morgan fingerprint density at radius 1 is 1.14 bits per heavy atom. The molecule has 0 radical (unpaired) electrons. The first-order chi connectivity index (χ1) is 10.3. The highest BCUT2D eigenvalue weighted by Crippen LogP contribution is 2.28. The van der Waals surface area contributed by atoms with E-state index in [1.807, 2.05) is 25.2 Å². The molecule has 0 atom stereocenters. The molecule has 0 fully saturated rings. The zero-order valence-corrected chi connectivity index (χ0v) is 13.0. The average Bonchev–Trinajstić information content (AvgIpc) is 2.95. The van der Waals surface area contributed by atoms with Crippen molar-refractivity contribution in [3.05, 3.63) is 63.7 Å². The first-order valence-corrected chi connectivity index (χ1v) is 7.81. The van der Waals surface area contributed by atoms with Crippen LogP contribution in [-0.4, -0.2) is 7.05 Å². The van der Waals surface area contributed by atoms with E-state index in [4.69, 9.17) is 16.3 Å². The summed E-state index contributed by atoms with van der Waals surface area (Å²) in [5.74, 6) is 0.859. The summed E-state index contributed by atoms with van der Waals surface area (Å²) in [4.78, 5) is 0. The van der Waals surface area contributed by atoms with Gasteiger partial charge in [-0.15, -0.1) is 0 Å². The number of fused-ring (bicyclic) bond motifs is 1. The zero-order valence-electron chi connectivity index (χ0n) is 12.3. The van der Waals surface area contributed by atoms with Crippen LogP contribution in [0.25, 0.3) is 0 Å². The van der Waals surface area contributed by atoms with Gasteiger partial charge in [0.05, 0.1) is 0 Å². The molecule has 0 bridgehead atoms. The van der Waals surface area contributed by atoms with E-state index < -0.39 is 0 Å². The third-order valence-corrected chi connectivity index (χ3v) is 4.34. The summed E-state index contributed by atoms with van der Waals surface area (Å²) in [6.45, 7) is 1.30. The molecule has 2 aromatic carbocycles. The van der Waals surface area contributed by atoms with Gasteiger partial charge in [0.2, 0.25) is 0 Å². The van der Waals surface area contributed by atoms with Crippen molar-refractivity contribution in [2.24, 2.45) is 0 Å². The van der Waals surface area contributed by atoms with Crippen molar-refractivity contribution >= 4 is 11.6 Å². The van der Waals surface area contributed by atoms with E-state index in [-0.39, 0.29) is 0 Å². The van der Waals surface area contributed by atoms with Gasteiger partial charge in [0.1, 0.15) is 12.4 Å². The molecular weight excluding hydrogens is 282 g/mol. The van der Waals surface area contributed by atoms with Crippen LogP contribution in [-0.2, 0) is 26.0 Å². The smallest absolute Gasteiger partial charge is 0.125 e. The maximum atomic E-state index is 6.25. The van der Waals surface area contributed by atoms with Crippen molar-refractivity contribution in [1.29, 1.82) is 0 Å². The summed E-state index contributed by atoms with van der Waals surface area (Å²) < 4.78 is 5.99. The Balaban J connectivity index is 1.74. The van der Waals surface area contributed by atoms with E-state index >= 15 is 0 Å². The predicted octanol–water partition coefficient (Wildman–Crippen LogP) is 4.13. The molecule has 0 saturated carbocycles. The molecule has 3 rings (SSSR count). The van der Waals surface area contributed by atoms with Crippen LogP contribution < -0.4 is 10.1 Å². The Kier molecular flexibility index (Phi) is 4.47. The van der Waals surface area contributed by atoms with Crippen molar-refractivity contribution in [3.8, 4) is 5.75 Å². The third-order valence-electron chi connectivity index (χ3n) is 3.99. The van der Waals surface area contributed by atoms with E-state index in [2.05, 4.69) is 23.5 Å². The molecule has 0 heterocycles. The van der Waals surface area contributed by atoms with Crippen molar-refractivity contribution in [2.45, 2.75) is 32.4 Å². The fraction of sp³-hybridized carbons (Fsp3) is 0.333. The third kappa shape index (κ3) is 3.22. The number of ether oxygens (including phenoxy) is 1. The maximum absolute atomic E-state index is 6.25. The van der Waals surface area contributed by atoms with Gasteiger partial charge in [-0.2, -0.15) is 0 Å². The molecule has 110 valence electrons. The Morgan fingerprint density at radius 2 is 2.00 bits per heavy atom. The molecule has 1 N–H and O–H groups in total. The molecule has 0 unspecified atom stereocenters. The summed E-state index contributed by atoms with van der Waals surface area (Å²) in [7, 11) is 1.91. The number of hydrogen-bond donors (Lipinski definition) is 1. The van der Waals surface area contributed by atoms with Crippen molar-refractivity contribution in [1.82, 2.24) is 5.32 Å². The standard InChI is InChI=1S/C18H20ClNO/c1-20-11-16-17(19)6-3-7-18(16)21-12-13-8-9-14-4-2-5-15(14)10-13/h3,6-10,20H,2,4-5,11-12H2,1H3. The maximum Gasteiger partial charge on any atom is 0.125 e. The average molecular weight is 302 g/mol. The molecule has 2 nitrogen and oxygen atoms in total. The van der Waals surface area contributed by atoms with Crippen LogP contribution in [0.3, 0.4) is 0 Å². The molecule has 1 aliphatic rings. The summed E-state index contributed by atoms with van der Waals surface area (Å²) in [5.41, 5.74) is 5.23. The quantitative estimate of drug-likeness (QED) is 0.896. The van der Waals surface area contributed by atoms with Gasteiger partial charge in [-0.3, -0.25) is 0 Å². The van der Waals surface area contributed by atoms with Crippen LogP contribution >= 0.6 is 11.6 Å². The SMILES string of the molecule is CNCc1c(Cl)cccc1OCc1ccc2c(c1)CCC2. The molecule has 1 aliphatic carbocycles. The summed E-state index contributed by atoms with van der Waals surface area (Å²) >= 11 is 6.25. The molecule has 0 aliphatic heterocycles. The van der Waals surface area contributed by atoms with E-state index in [0.717, 1.165) is 16.3 Å². The lowest BCUT2D eigenvalue weighted by Crippen LogP contribution is -2.08. The van der Waals surface area contributed by atoms with Crippen LogP contribution in [0.1, 0.15) is 28.7 Å². The van der Waals surface area contributed by atoms with Crippen molar-refractivity contribution in [3.63, 3.8) is 0 Å². The van der Waals surface area contributed by atoms with E-state index in [1.165, 1.54) is 36.0 Å². The molecule has 0 aromatic heterocycles. The highest BCUT2D eigenvalue weighted by molar-refractivity contribution is 6.31. The second kappa shape index (κ2) is 6.50. The van der Waals surface area contributed by atoms with E-state index in [1.54, 1.807) is 0 Å². The normalized spacial score (nSPS) is 13.2. The van der Waals surface area contributed by atoms with Crippen LogP contribution in [0, 0.1) is 0 Å². The molecule has 0 saturated heterocycles. The van der Waals surface area contributed by atoms with Crippen LogP contribution in [0.5, 0.6) is 5.75 Å². The number of nitrogens with one attached hydrogen (secondary N) is 1. The minimum Gasteiger partial charge on any atom is -0.489 e. The second-order valence-electron chi connectivity index (χ2n) is 5.49. The van der Waals surface area contributed by atoms with Crippen LogP contribution in [0.4, 0.5) is 0 Å². The fourth-order valence-electron chi connectivity index (χ4n) is 2.90. The fourth-order valence-corrected chi connectivity index (χ4v) is 3.13. The van der Waals surface area contributed by atoms with Crippen molar-refractivity contribution < 1.29 is 4.74 Å². The first kappa shape index (κ1) is 14.4. The van der Waals surface area contributed by atoms with Gasteiger partial charge in [0.15, 0.2) is 0 Å². The van der Waals surface area contributed by atoms with Crippen LogP contribution in [0.15, 0.2) is 36.4 Å². The van der Waals surface area contributed by atoms with Gasteiger partial charge >= 0.3 is 0 Å². The lowest BCUT2D eigenvalue weighted by molar-refractivity contribution is 0.302. The monoisotopic (exact) mass is 301 g/mol. The Labute approximate surface area is 131 Å². The summed E-state index contributed by atoms with van der Waals surface area (Å²) in [6, 6.07) is 12.5. The molecule has 0 spiro atoms. The summed E-state index contributed by atoms with van der Waals surface area (Å²) in [6.07, 6.45) is 3.70. The zero-order chi connectivity index (χ0) is 14.7. The predicted molar refractivity (Wildman–Crippen MR) is 87.0 cm³/mol. The van der Waals surface area contributed by atoms with E-state index in [0.29, 0.717) is 13.2 Å². The topological polar surface area (TPSA) is 21.3 Å². The van der Waals surface area contributed by atoms with Gasteiger partial charge in [-0.25, -0.2) is 0 Å². The van der Waals surface area contributed by atoms with Gasteiger partial charge in [0.25, 0.3) is 0 Å². The highest BCUT2D eigenvalue weighted by Gasteiger charge is 2.12. The minimum absolute atomic E-state index is 0.588. The molecule has 21 heavy (non-hydrogen) atoms. The molecule has 3 heteroatoms. The number of halogens is 1. The van der Waals surface area contributed by atoms with E-state index in [9.17, 15) is 0 Å². The largest absolute Gasteiger partial charge is 0.489 e. The van der Waals surface area contributed by atoms with Gasteiger partial charge in [-0.1, -0.05) is 35.9 Å². The lowest BCUT2D eigenvalue weighted by Gasteiger charge is -2.13. The number of aryl methyl sites for hydroxylation is 2. The first-order valence-electron chi connectivity index (χ1n) is 7.43. The molecule has 2 aromatic rings. The Morgan fingerprint density at radius 3 is 2.86 bits per heavy atom.